The molecular formula is C8H7N3O2. The normalized spacial score (nSPS) is 21.4. The van der Waals surface area contributed by atoms with E-state index < -0.39 is 17.6 Å². The molecule has 1 amide bonds. The van der Waals surface area contributed by atoms with Gasteiger partial charge in [-0.05, 0) is 0 Å². The fourth-order valence-electron chi connectivity index (χ4n) is 1.17. The first-order chi connectivity index (χ1) is 6.20. The average molecular weight is 177 g/mol. The molecule has 1 aliphatic rings. The molecule has 0 bridgehead atoms. The van der Waals surface area contributed by atoms with Gasteiger partial charge in [-0.3, -0.25) is 9.59 Å². The molecule has 1 atom stereocenters. The minimum atomic E-state index is -0.841. The van der Waals surface area contributed by atoms with Crippen LogP contribution in [0.5, 0.6) is 0 Å². The summed E-state index contributed by atoms with van der Waals surface area (Å²) < 4.78 is 0. The summed E-state index contributed by atoms with van der Waals surface area (Å²) >= 11 is 0. The summed E-state index contributed by atoms with van der Waals surface area (Å²) in [5, 5.41) is 16.7. The number of carbonyl (C=O) groups is 2. The Bertz CT molecular complexity index is 323. The molecule has 13 heavy (non-hydrogen) atoms. The van der Waals surface area contributed by atoms with Crippen molar-refractivity contribution in [2.45, 2.75) is 6.42 Å². The van der Waals surface area contributed by atoms with Crippen LogP contribution >= 0.6 is 0 Å². The number of likely N-dealkylation sites (tertiary alicyclic amines) is 1. The van der Waals surface area contributed by atoms with E-state index in [9.17, 15) is 9.59 Å². The maximum Gasteiger partial charge on any atom is 0.291 e. The SMILES string of the molecule is N#CCCN1CC(C#N)C(=O)C1=O. The number of rotatable bonds is 2. The van der Waals surface area contributed by atoms with E-state index in [4.69, 9.17) is 10.5 Å². The standard InChI is InChI=1S/C8H7N3O2/c9-2-1-3-11-5-6(4-10)7(12)8(11)13/h6H,1,3,5H2. The molecule has 0 spiro atoms. The highest BCUT2D eigenvalue weighted by Gasteiger charge is 2.38. The second kappa shape index (κ2) is 3.68. The first-order valence-corrected chi connectivity index (χ1v) is 3.80. The molecule has 0 radical (unpaired) electrons. The van der Waals surface area contributed by atoms with E-state index >= 15 is 0 Å². The van der Waals surface area contributed by atoms with Crippen LogP contribution in [0.3, 0.4) is 0 Å². The van der Waals surface area contributed by atoms with Crippen molar-refractivity contribution >= 4 is 11.7 Å². The van der Waals surface area contributed by atoms with E-state index in [0.717, 1.165) is 0 Å². The number of ketones is 1. The summed E-state index contributed by atoms with van der Waals surface area (Å²) in [5.74, 6) is -2.13. The van der Waals surface area contributed by atoms with Crippen LogP contribution < -0.4 is 0 Å². The van der Waals surface area contributed by atoms with E-state index in [1.54, 1.807) is 6.07 Å². The molecule has 1 unspecified atom stereocenters. The molecule has 0 aromatic heterocycles. The molecule has 5 nitrogen and oxygen atoms in total. The first-order valence-electron chi connectivity index (χ1n) is 3.80. The molecule has 0 aliphatic carbocycles. The zero-order valence-corrected chi connectivity index (χ0v) is 6.86. The number of carbonyl (C=O) groups excluding carboxylic acids is 2. The Morgan fingerprint density at radius 1 is 1.46 bits per heavy atom. The Hall–Kier alpha value is -1.88. The van der Waals surface area contributed by atoms with Gasteiger partial charge in [0.05, 0.1) is 18.6 Å². The maximum atomic E-state index is 11.1. The summed E-state index contributed by atoms with van der Waals surface area (Å²) in [4.78, 5) is 23.4. The van der Waals surface area contributed by atoms with Gasteiger partial charge in [0.15, 0.2) is 0 Å². The van der Waals surface area contributed by atoms with Gasteiger partial charge >= 0.3 is 0 Å². The summed E-state index contributed by atoms with van der Waals surface area (Å²) in [6, 6.07) is 3.63. The van der Waals surface area contributed by atoms with E-state index in [0.29, 0.717) is 0 Å². The minimum Gasteiger partial charge on any atom is -0.333 e. The van der Waals surface area contributed by atoms with E-state index in [1.165, 1.54) is 4.90 Å². The van der Waals surface area contributed by atoms with Crippen LogP contribution in [0.25, 0.3) is 0 Å². The highest BCUT2D eigenvalue weighted by molar-refractivity contribution is 6.39. The third kappa shape index (κ3) is 1.65. The van der Waals surface area contributed by atoms with Crippen LogP contribution in [-0.4, -0.2) is 29.7 Å². The van der Waals surface area contributed by atoms with Gasteiger partial charge in [0.2, 0.25) is 5.78 Å². The Labute approximate surface area is 75.2 Å². The van der Waals surface area contributed by atoms with Crippen molar-refractivity contribution in [3.8, 4) is 12.1 Å². The molecule has 66 valence electrons. The Morgan fingerprint density at radius 3 is 2.62 bits per heavy atom. The van der Waals surface area contributed by atoms with Crippen LogP contribution in [0.4, 0.5) is 0 Å². The van der Waals surface area contributed by atoms with Crippen molar-refractivity contribution in [2.24, 2.45) is 5.92 Å². The molecule has 0 saturated carbocycles. The first kappa shape index (κ1) is 9.21. The summed E-state index contributed by atoms with van der Waals surface area (Å²) in [6.45, 7) is 0.370. The lowest BCUT2D eigenvalue weighted by Gasteiger charge is -2.10. The van der Waals surface area contributed by atoms with Crippen molar-refractivity contribution in [3.05, 3.63) is 0 Å². The lowest BCUT2D eigenvalue weighted by molar-refractivity contribution is -0.140. The molecule has 0 N–H and O–H groups in total. The van der Waals surface area contributed by atoms with E-state index in [2.05, 4.69) is 0 Å². The zero-order valence-electron chi connectivity index (χ0n) is 6.86. The summed E-state index contributed by atoms with van der Waals surface area (Å²) in [5.41, 5.74) is 0. The zero-order chi connectivity index (χ0) is 9.84. The van der Waals surface area contributed by atoms with Gasteiger partial charge in [-0.15, -0.1) is 0 Å². The monoisotopic (exact) mass is 177 g/mol. The molecule has 1 aliphatic heterocycles. The number of nitrogens with zero attached hydrogens (tertiary/aromatic N) is 3. The Morgan fingerprint density at radius 2 is 2.15 bits per heavy atom. The number of hydrogen-bond donors (Lipinski definition) is 0. The maximum absolute atomic E-state index is 11.1. The van der Waals surface area contributed by atoms with Gasteiger partial charge in [-0.2, -0.15) is 10.5 Å². The van der Waals surface area contributed by atoms with Crippen LogP contribution in [0, 0.1) is 28.6 Å². The van der Waals surface area contributed by atoms with Crippen LogP contribution in [0.15, 0.2) is 0 Å². The summed E-state index contributed by atoms with van der Waals surface area (Å²) in [6.07, 6.45) is 0.192. The molecule has 1 rings (SSSR count). The second-order valence-corrected chi connectivity index (χ2v) is 2.71. The molecule has 5 heteroatoms. The van der Waals surface area contributed by atoms with Crippen molar-refractivity contribution < 1.29 is 9.59 Å². The Kier molecular flexibility index (Phi) is 2.61. The number of Topliss-reactive ketones (excluding diaryl/α,β-unsaturated/α-hetero) is 1. The van der Waals surface area contributed by atoms with E-state index in [1.807, 2.05) is 6.07 Å². The van der Waals surface area contributed by atoms with Crippen LogP contribution in [0.1, 0.15) is 6.42 Å². The summed E-state index contributed by atoms with van der Waals surface area (Å²) in [7, 11) is 0. The van der Waals surface area contributed by atoms with Gasteiger partial charge in [-0.25, -0.2) is 0 Å². The third-order valence-corrected chi connectivity index (χ3v) is 1.87. The highest BCUT2D eigenvalue weighted by Crippen LogP contribution is 2.13. The van der Waals surface area contributed by atoms with Crippen molar-refractivity contribution in [3.63, 3.8) is 0 Å². The van der Waals surface area contributed by atoms with Gasteiger partial charge in [-0.1, -0.05) is 0 Å². The van der Waals surface area contributed by atoms with Gasteiger partial charge < -0.3 is 4.90 Å². The topological polar surface area (TPSA) is 85.0 Å². The van der Waals surface area contributed by atoms with Crippen LogP contribution in [0.2, 0.25) is 0 Å². The smallest absolute Gasteiger partial charge is 0.291 e. The second-order valence-electron chi connectivity index (χ2n) is 2.71. The highest BCUT2D eigenvalue weighted by atomic mass is 16.2. The fourth-order valence-corrected chi connectivity index (χ4v) is 1.17. The fraction of sp³-hybridized carbons (Fsp3) is 0.500. The van der Waals surface area contributed by atoms with E-state index in [-0.39, 0.29) is 19.5 Å². The molecule has 1 fully saturated rings. The minimum absolute atomic E-state index is 0.135. The average Bonchev–Trinajstić information content (AvgIpc) is 2.41. The lowest BCUT2D eigenvalue weighted by atomic mass is 10.1. The number of amides is 1. The molecular weight excluding hydrogens is 170 g/mol. The van der Waals surface area contributed by atoms with Crippen LogP contribution in [-0.2, 0) is 9.59 Å². The Balaban J connectivity index is 2.63. The third-order valence-electron chi connectivity index (χ3n) is 1.87. The molecule has 0 aromatic rings. The van der Waals surface area contributed by atoms with Crippen molar-refractivity contribution in [1.29, 1.82) is 10.5 Å². The van der Waals surface area contributed by atoms with Crippen molar-refractivity contribution in [2.75, 3.05) is 13.1 Å². The largest absolute Gasteiger partial charge is 0.333 e. The number of hydrogen-bond acceptors (Lipinski definition) is 4. The quantitative estimate of drug-likeness (QED) is 0.529. The molecule has 0 aromatic carbocycles. The lowest BCUT2D eigenvalue weighted by Crippen LogP contribution is -2.28. The molecule has 1 saturated heterocycles. The van der Waals surface area contributed by atoms with Gasteiger partial charge in [0.1, 0.15) is 5.92 Å². The van der Waals surface area contributed by atoms with Gasteiger partial charge in [0.25, 0.3) is 5.91 Å². The molecule has 1 heterocycles. The number of nitriles is 2. The predicted octanol–water partition coefficient (Wildman–Crippen LogP) is -0.549. The van der Waals surface area contributed by atoms with Crippen molar-refractivity contribution in [1.82, 2.24) is 4.90 Å². The van der Waals surface area contributed by atoms with Gasteiger partial charge in [0, 0.05) is 13.1 Å². The predicted molar refractivity (Wildman–Crippen MR) is 40.9 cm³/mol.